The zero-order valence-corrected chi connectivity index (χ0v) is 40.2. The lowest BCUT2D eigenvalue weighted by Gasteiger charge is -2.33. The van der Waals surface area contributed by atoms with Crippen LogP contribution >= 0.6 is 0 Å². The van der Waals surface area contributed by atoms with Gasteiger partial charge in [0.25, 0.3) is 0 Å². The molecule has 3 atom stereocenters. The number of unbranched alkanes of at least 4 members (excludes halogenated alkanes) is 3. The summed E-state index contributed by atoms with van der Waals surface area (Å²) in [4.78, 5) is 2.48. The van der Waals surface area contributed by atoms with Crippen LogP contribution in [0.3, 0.4) is 0 Å². The number of benzene rings is 3. The number of allylic oxidation sites excluding steroid dienone is 15. The molecule has 0 N–H and O–H groups in total. The predicted molar refractivity (Wildman–Crippen MR) is 278 cm³/mol. The van der Waals surface area contributed by atoms with E-state index in [2.05, 4.69) is 221 Å². The highest BCUT2D eigenvalue weighted by Gasteiger charge is 2.19. The van der Waals surface area contributed by atoms with Gasteiger partial charge in [0, 0.05) is 16.8 Å². The van der Waals surface area contributed by atoms with E-state index in [4.69, 9.17) is 4.74 Å². The van der Waals surface area contributed by atoms with E-state index in [-0.39, 0.29) is 6.04 Å². The molecule has 0 radical (unpaired) electrons. The number of nitrogens with zero attached hydrogens (tertiary/aromatic N) is 1. The topological polar surface area (TPSA) is 12.5 Å². The molecule has 0 saturated carbocycles. The van der Waals surface area contributed by atoms with Crippen molar-refractivity contribution in [3.63, 3.8) is 0 Å². The third-order valence-electron chi connectivity index (χ3n) is 10.2. The Morgan fingerprint density at radius 1 is 0.754 bits per heavy atom. The fourth-order valence-electron chi connectivity index (χ4n) is 6.54. The molecule has 0 spiro atoms. The fraction of sp³-hybridized carbons (Fsp3) is 0.390. The van der Waals surface area contributed by atoms with Crippen molar-refractivity contribution >= 4 is 27.7 Å². The van der Waals surface area contributed by atoms with E-state index >= 15 is 0 Å². The second-order valence-electron chi connectivity index (χ2n) is 15.5. The van der Waals surface area contributed by atoms with Crippen LogP contribution in [0.25, 0.3) is 16.3 Å². The molecular formula is C59H83NO. The molecule has 3 rings (SSSR count). The highest BCUT2D eigenvalue weighted by molar-refractivity contribution is 5.96. The van der Waals surface area contributed by atoms with Crippen LogP contribution in [0.5, 0.6) is 0 Å². The smallest absolute Gasteiger partial charge is 0.0928 e. The van der Waals surface area contributed by atoms with Gasteiger partial charge in [0.05, 0.1) is 18.4 Å². The number of hydrogen-bond donors (Lipinski definition) is 0. The van der Waals surface area contributed by atoms with Crippen LogP contribution in [0.2, 0.25) is 0 Å². The Bertz CT molecular complexity index is 1850. The Hall–Kier alpha value is -5.26. The Balaban J connectivity index is 0.00000106. The predicted octanol–water partition coefficient (Wildman–Crippen LogP) is 18.2. The number of terminal acetylenes is 1. The van der Waals surface area contributed by atoms with E-state index in [0.717, 1.165) is 30.8 Å². The molecule has 0 amide bonds. The third kappa shape index (κ3) is 22.8. The first kappa shape index (κ1) is 55.7. The van der Waals surface area contributed by atoms with E-state index in [1.807, 2.05) is 32.1 Å². The summed E-state index contributed by atoms with van der Waals surface area (Å²) in [6.45, 7) is 32.0. The van der Waals surface area contributed by atoms with Crippen LogP contribution < -0.4 is 4.90 Å². The maximum Gasteiger partial charge on any atom is 0.0928 e. The van der Waals surface area contributed by atoms with Crippen molar-refractivity contribution in [1.82, 2.24) is 0 Å². The van der Waals surface area contributed by atoms with Crippen LogP contribution in [-0.2, 0) is 4.74 Å². The van der Waals surface area contributed by atoms with E-state index < -0.39 is 0 Å². The molecule has 0 aliphatic carbocycles. The average molecular weight is 822 g/mol. The van der Waals surface area contributed by atoms with E-state index in [1.54, 1.807) is 0 Å². The minimum atomic E-state index is 0.250. The molecule has 0 aliphatic heterocycles. The number of rotatable bonds is 22. The van der Waals surface area contributed by atoms with Crippen LogP contribution in [0, 0.1) is 30.6 Å². The lowest BCUT2D eigenvalue weighted by molar-refractivity contribution is 0.207. The molecule has 3 aromatic rings. The Morgan fingerprint density at radius 2 is 1.43 bits per heavy atom. The van der Waals surface area contributed by atoms with Gasteiger partial charge in [-0.2, -0.15) is 0 Å². The van der Waals surface area contributed by atoms with E-state index in [0.29, 0.717) is 17.8 Å². The summed E-state index contributed by atoms with van der Waals surface area (Å²) in [5.41, 5.74) is 6.10. The first-order chi connectivity index (χ1) is 29.5. The Morgan fingerprint density at radius 3 is 2.00 bits per heavy atom. The molecule has 2 nitrogen and oxygen atoms in total. The molecule has 330 valence electrons. The molecule has 0 bridgehead atoms. The lowest BCUT2D eigenvalue weighted by atomic mass is 9.89. The third-order valence-corrected chi connectivity index (χ3v) is 10.2. The fourth-order valence-corrected chi connectivity index (χ4v) is 6.54. The van der Waals surface area contributed by atoms with Crippen molar-refractivity contribution in [2.45, 2.75) is 127 Å². The van der Waals surface area contributed by atoms with Crippen LogP contribution in [0.4, 0.5) is 11.4 Å². The Labute approximate surface area is 376 Å². The summed E-state index contributed by atoms with van der Waals surface area (Å²) in [5.74, 6) is 2.83. The zero-order chi connectivity index (χ0) is 45.8. The van der Waals surface area contributed by atoms with Gasteiger partial charge in [0.2, 0.25) is 0 Å². The standard InChI is InChI=1S/C32H37N.C13H22O.C12H22.C2H2/c1-6-9-10-16-29(8-3)33(32-18-13-15-28-14-11-12-17-31(28)32)30-23-21-27(22-24-30)26(7-2)20-19-25(4)5;1-5-7-8-11-14-13(4)10-9-12(3)6-2;1-5-8-10-12(7-3)11(4)9-6-2;1-2/h6-7,9-25,29H,8H2,1-5H3;6,9-10H,2,5,7-8,11H2,1,3-4H3;6-7,9,11-12H,3,5,8,10H2,1-2,4H3;1-2H/b9-6-,16-10?,20-19-,26-7+;12-9-,13-10+;9-6-;. The molecular weight excluding hydrogens is 739 g/mol. The quantitative estimate of drug-likeness (QED) is 0.0329. The maximum absolute atomic E-state index is 5.52. The van der Waals surface area contributed by atoms with Crippen molar-refractivity contribution in [2.24, 2.45) is 17.8 Å². The second-order valence-corrected chi connectivity index (χ2v) is 15.5. The summed E-state index contributed by atoms with van der Waals surface area (Å²) >= 11 is 0. The largest absolute Gasteiger partial charge is 0.498 e. The molecule has 0 aromatic heterocycles. The SMILES string of the molecule is C#C.C/C=C\C=CC(CC)N(c1ccc(C(/C=C\C(C)C)=C/C)cc1)c1cccc2ccccc12.C=C/C(C)=C\C=C(/C)OCCCCC.C=CC(CCCC)C(C)/C=C\C. The number of fused-ring (bicyclic) bond motifs is 1. The van der Waals surface area contributed by atoms with Gasteiger partial charge >= 0.3 is 0 Å². The summed E-state index contributed by atoms with van der Waals surface area (Å²) < 4.78 is 5.52. The first-order valence-electron chi connectivity index (χ1n) is 22.8. The van der Waals surface area contributed by atoms with Gasteiger partial charge in [-0.1, -0.05) is 201 Å². The monoisotopic (exact) mass is 822 g/mol. The normalized spacial score (nSPS) is 13.6. The second kappa shape index (κ2) is 35.5. The van der Waals surface area contributed by atoms with Crippen LogP contribution in [0.15, 0.2) is 170 Å². The van der Waals surface area contributed by atoms with Gasteiger partial charge in [0.15, 0.2) is 0 Å². The number of ether oxygens (including phenoxy) is 1. The van der Waals surface area contributed by atoms with Crippen LogP contribution in [-0.4, -0.2) is 12.6 Å². The lowest BCUT2D eigenvalue weighted by Crippen LogP contribution is -2.29. The van der Waals surface area contributed by atoms with Gasteiger partial charge in [-0.15, -0.1) is 19.4 Å². The summed E-state index contributed by atoms with van der Waals surface area (Å²) in [6.07, 6.45) is 44.2. The highest BCUT2D eigenvalue weighted by atomic mass is 16.5. The molecule has 3 unspecified atom stereocenters. The van der Waals surface area contributed by atoms with Gasteiger partial charge in [-0.3, -0.25) is 0 Å². The minimum absolute atomic E-state index is 0.250. The maximum atomic E-state index is 5.52. The van der Waals surface area contributed by atoms with Gasteiger partial charge in [0.1, 0.15) is 0 Å². The minimum Gasteiger partial charge on any atom is -0.498 e. The molecule has 0 heterocycles. The molecule has 0 saturated heterocycles. The highest BCUT2D eigenvalue weighted by Crippen LogP contribution is 2.36. The molecule has 2 heteroatoms. The zero-order valence-electron chi connectivity index (χ0n) is 40.2. The van der Waals surface area contributed by atoms with Gasteiger partial charge < -0.3 is 9.64 Å². The van der Waals surface area contributed by atoms with Crippen molar-refractivity contribution in [3.05, 3.63) is 176 Å². The molecule has 61 heavy (non-hydrogen) atoms. The summed E-state index contributed by atoms with van der Waals surface area (Å²) in [6, 6.07) is 24.5. The molecule has 3 aromatic carbocycles. The summed E-state index contributed by atoms with van der Waals surface area (Å²) in [7, 11) is 0. The molecule has 0 aliphatic rings. The van der Waals surface area contributed by atoms with Crippen LogP contribution in [0.1, 0.15) is 127 Å². The van der Waals surface area contributed by atoms with E-state index in [9.17, 15) is 0 Å². The number of anilines is 2. The van der Waals surface area contributed by atoms with Crippen molar-refractivity contribution < 1.29 is 4.74 Å². The van der Waals surface area contributed by atoms with Gasteiger partial charge in [-0.05, 0) is 112 Å². The summed E-state index contributed by atoms with van der Waals surface area (Å²) in [5, 5.41) is 2.54. The van der Waals surface area contributed by atoms with Crippen molar-refractivity contribution in [2.75, 3.05) is 11.5 Å². The average Bonchev–Trinajstić information content (AvgIpc) is 3.28. The molecule has 0 fully saturated rings. The van der Waals surface area contributed by atoms with Gasteiger partial charge in [-0.25, -0.2) is 0 Å². The van der Waals surface area contributed by atoms with Crippen molar-refractivity contribution in [1.29, 1.82) is 0 Å². The number of hydrogen-bond acceptors (Lipinski definition) is 2. The van der Waals surface area contributed by atoms with E-state index in [1.165, 1.54) is 65.4 Å². The Kier molecular flexibility index (Phi) is 32.4. The van der Waals surface area contributed by atoms with Crippen molar-refractivity contribution in [3.8, 4) is 12.8 Å². The first-order valence-corrected chi connectivity index (χ1v) is 22.8.